The van der Waals surface area contributed by atoms with E-state index in [-0.39, 0.29) is 12.1 Å². The lowest BCUT2D eigenvalue weighted by Crippen LogP contribution is -2.44. The summed E-state index contributed by atoms with van der Waals surface area (Å²) in [6.45, 7) is 6.31. The van der Waals surface area contributed by atoms with Crippen molar-refractivity contribution in [2.75, 3.05) is 16.8 Å². The third-order valence-electron chi connectivity index (χ3n) is 3.74. The van der Waals surface area contributed by atoms with Gasteiger partial charge in [0.1, 0.15) is 5.60 Å². The number of ether oxygens (including phenoxy) is 1. The summed E-state index contributed by atoms with van der Waals surface area (Å²) in [7, 11) is 0. The first-order valence-electron chi connectivity index (χ1n) is 7.86. The van der Waals surface area contributed by atoms with Gasteiger partial charge in [-0.1, -0.05) is 42.5 Å². The Balaban J connectivity index is 2.02. The first kappa shape index (κ1) is 15.4. The van der Waals surface area contributed by atoms with Crippen LogP contribution in [0.4, 0.5) is 16.2 Å². The molecule has 1 atom stereocenters. The van der Waals surface area contributed by atoms with E-state index in [1.807, 2.05) is 75.4 Å². The van der Waals surface area contributed by atoms with Gasteiger partial charge in [0.15, 0.2) is 0 Å². The Labute approximate surface area is 137 Å². The summed E-state index contributed by atoms with van der Waals surface area (Å²) in [6, 6.07) is 17.8. The van der Waals surface area contributed by atoms with Crippen LogP contribution in [-0.4, -0.2) is 18.2 Å². The molecule has 4 nitrogen and oxygen atoms in total. The maximum Gasteiger partial charge on any atom is 0.415 e. The number of para-hydroxylation sites is 2. The van der Waals surface area contributed by atoms with E-state index in [0.717, 1.165) is 16.9 Å². The third kappa shape index (κ3) is 3.31. The summed E-state index contributed by atoms with van der Waals surface area (Å²) in [5.74, 6) is 0. The molecule has 0 bridgehead atoms. The standard InChI is InChI=1S/C19H22N2O2/c1-19(2,3)23-18(22)21-16-12-8-7-11-15(16)20-13-17(21)14-9-5-4-6-10-14/h4-12,17,20H,13H2,1-3H3/t17-/m1/s1. The Morgan fingerprint density at radius 2 is 1.74 bits per heavy atom. The predicted octanol–water partition coefficient (Wildman–Crippen LogP) is 4.59. The number of amides is 1. The molecular formula is C19H22N2O2. The van der Waals surface area contributed by atoms with Gasteiger partial charge in [0.2, 0.25) is 0 Å². The van der Waals surface area contributed by atoms with Crippen molar-refractivity contribution in [1.29, 1.82) is 0 Å². The van der Waals surface area contributed by atoms with Gasteiger partial charge in [0, 0.05) is 6.54 Å². The summed E-state index contributed by atoms with van der Waals surface area (Å²) < 4.78 is 5.64. The van der Waals surface area contributed by atoms with E-state index in [0.29, 0.717) is 6.54 Å². The van der Waals surface area contributed by atoms with Gasteiger partial charge in [-0.05, 0) is 38.5 Å². The minimum Gasteiger partial charge on any atom is -0.443 e. The van der Waals surface area contributed by atoms with Crippen LogP contribution in [0.25, 0.3) is 0 Å². The monoisotopic (exact) mass is 310 g/mol. The lowest BCUT2D eigenvalue weighted by Gasteiger charge is -2.38. The van der Waals surface area contributed by atoms with Crippen LogP contribution in [0.15, 0.2) is 54.6 Å². The van der Waals surface area contributed by atoms with Crippen molar-refractivity contribution in [2.45, 2.75) is 32.4 Å². The first-order valence-corrected chi connectivity index (χ1v) is 7.86. The fourth-order valence-corrected chi connectivity index (χ4v) is 2.78. The first-order chi connectivity index (χ1) is 11.0. The van der Waals surface area contributed by atoms with E-state index >= 15 is 0 Å². The normalized spacial score (nSPS) is 17.2. The molecule has 1 heterocycles. The van der Waals surface area contributed by atoms with Crippen molar-refractivity contribution in [3.63, 3.8) is 0 Å². The lowest BCUT2D eigenvalue weighted by molar-refractivity contribution is 0.0565. The number of carbonyl (C=O) groups excluding carboxylic acids is 1. The minimum absolute atomic E-state index is 0.0963. The van der Waals surface area contributed by atoms with E-state index < -0.39 is 5.60 Å². The second-order valence-electron chi connectivity index (χ2n) is 6.67. The van der Waals surface area contributed by atoms with Gasteiger partial charge in [0.25, 0.3) is 0 Å². The van der Waals surface area contributed by atoms with Crippen LogP contribution in [0.5, 0.6) is 0 Å². The van der Waals surface area contributed by atoms with Gasteiger partial charge in [-0.3, -0.25) is 4.90 Å². The third-order valence-corrected chi connectivity index (χ3v) is 3.74. The van der Waals surface area contributed by atoms with E-state index in [9.17, 15) is 4.79 Å². The number of rotatable bonds is 1. The summed E-state index contributed by atoms with van der Waals surface area (Å²) in [5, 5.41) is 3.41. The topological polar surface area (TPSA) is 41.6 Å². The highest BCUT2D eigenvalue weighted by molar-refractivity contribution is 5.94. The van der Waals surface area contributed by atoms with Gasteiger partial charge < -0.3 is 10.1 Å². The largest absolute Gasteiger partial charge is 0.443 e. The molecule has 3 rings (SSSR count). The molecule has 1 aliphatic heterocycles. The Bertz CT molecular complexity index is 692. The van der Waals surface area contributed by atoms with Crippen LogP contribution in [0.2, 0.25) is 0 Å². The number of benzene rings is 2. The minimum atomic E-state index is -0.530. The van der Waals surface area contributed by atoms with Crippen LogP contribution < -0.4 is 10.2 Å². The zero-order chi connectivity index (χ0) is 16.4. The number of anilines is 2. The molecule has 0 aromatic heterocycles. The predicted molar refractivity (Wildman–Crippen MR) is 92.8 cm³/mol. The van der Waals surface area contributed by atoms with Crippen molar-refractivity contribution < 1.29 is 9.53 Å². The highest BCUT2D eigenvalue weighted by Gasteiger charge is 2.34. The van der Waals surface area contributed by atoms with Crippen molar-refractivity contribution in [3.05, 3.63) is 60.2 Å². The Morgan fingerprint density at radius 3 is 2.43 bits per heavy atom. The smallest absolute Gasteiger partial charge is 0.415 e. The number of fused-ring (bicyclic) bond motifs is 1. The molecule has 0 spiro atoms. The molecule has 2 aromatic carbocycles. The molecule has 0 saturated carbocycles. The fourth-order valence-electron chi connectivity index (χ4n) is 2.78. The van der Waals surface area contributed by atoms with E-state index in [1.54, 1.807) is 4.90 Å². The Hall–Kier alpha value is -2.49. The van der Waals surface area contributed by atoms with Crippen molar-refractivity contribution in [3.8, 4) is 0 Å². The van der Waals surface area contributed by atoms with Gasteiger partial charge in [0.05, 0.1) is 17.4 Å². The van der Waals surface area contributed by atoms with E-state index in [2.05, 4.69) is 5.32 Å². The zero-order valence-electron chi connectivity index (χ0n) is 13.7. The molecule has 2 aromatic rings. The van der Waals surface area contributed by atoms with Crippen LogP contribution in [-0.2, 0) is 4.74 Å². The maximum atomic E-state index is 12.8. The fraction of sp³-hybridized carbons (Fsp3) is 0.316. The molecule has 0 radical (unpaired) electrons. The quantitative estimate of drug-likeness (QED) is 0.837. The van der Waals surface area contributed by atoms with E-state index in [1.165, 1.54) is 0 Å². The molecule has 4 heteroatoms. The Kier molecular flexibility index (Phi) is 3.99. The second-order valence-corrected chi connectivity index (χ2v) is 6.67. The molecule has 120 valence electrons. The number of nitrogens with zero attached hydrogens (tertiary/aromatic N) is 1. The summed E-state index contributed by atoms with van der Waals surface area (Å²) in [4.78, 5) is 14.6. The van der Waals surface area contributed by atoms with Crippen LogP contribution in [0.1, 0.15) is 32.4 Å². The summed E-state index contributed by atoms with van der Waals surface area (Å²) in [5.41, 5.74) is 2.35. The van der Waals surface area contributed by atoms with Gasteiger partial charge in [-0.15, -0.1) is 0 Å². The molecule has 1 aliphatic rings. The summed E-state index contributed by atoms with van der Waals surface area (Å²) >= 11 is 0. The van der Waals surface area contributed by atoms with Crippen LogP contribution in [0.3, 0.4) is 0 Å². The number of carbonyl (C=O) groups is 1. The average molecular weight is 310 g/mol. The lowest BCUT2D eigenvalue weighted by atomic mass is 10.0. The van der Waals surface area contributed by atoms with Gasteiger partial charge >= 0.3 is 6.09 Å². The Morgan fingerprint density at radius 1 is 1.09 bits per heavy atom. The second kappa shape index (κ2) is 5.95. The molecular weight excluding hydrogens is 288 g/mol. The van der Waals surface area contributed by atoms with Crippen molar-refractivity contribution in [2.24, 2.45) is 0 Å². The molecule has 0 unspecified atom stereocenters. The van der Waals surface area contributed by atoms with Crippen molar-refractivity contribution in [1.82, 2.24) is 0 Å². The van der Waals surface area contributed by atoms with Crippen LogP contribution in [0, 0.1) is 0 Å². The van der Waals surface area contributed by atoms with Crippen molar-refractivity contribution >= 4 is 17.5 Å². The maximum absolute atomic E-state index is 12.8. The van der Waals surface area contributed by atoms with Gasteiger partial charge in [-0.25, -0.2) is 4.79 Å². The average Bonchev–Trinajstić information content (AvgIpc) is 2.53. The summed E-state index contributed by atoms with van der Waals surface area (Å²) in [6.07, 6.45) is -0.319. The molecule has 0 saturated heterocycles. The number of hydrogen-bond donors (Lipinski definition) is 1. The zero-order valence-corrected chi connectivity index (χ0v) is 13.7. The molecule has 1 amide bonds. The molecule has 23 heavy (non-hydrogen) atoms. The molecule has 0 aliphatic carbocycles. The van der Waals surface area contributed by atoms with Crippen LogP contribution >= 0.6 is 0 Å². The SMILES string of the molecule is CC(C)(C)OC(=O)N1c2ccccc2NC[C@@H]1c1ccccc1. The number of hydrogen-bond acceptors (Lipinski definition) is 3. The highest BCUT2D eigenvalue weighted by atomic mass is 16.6. The molecule has 1 N–H and O–H groups in total. The molecule has 0 fully saturated rings. The van der Waals surface area contributed by atoms with E-state index in [4.69, 9.17) is 4.74 Å². The highest BCUT2D eigenvalue weighted by Crippen LogP contribution is 2.38. The van der Waals surface area contributed by atoms with Gasteiger partial charge in [-0.2, -0.15) is 0 Å². The number of nitrogens with one attached hydrogen (secondary N) is 1.